The number of thioether (sulfide) groups is 1. The molecule has 0 unspecified atom stereocenters. The second kappa shape index (κ2) is 6.82. The zero-order chi connectivity index (χ0) is 11.1. The maximum atomic E-state index is 5.74. The van der Waals surface area contributed by atoms with Crippen LogP contribution in [0.1, 0.15) is 24.9 Å². The first kappa shape index (κ1) is 12.5. The van der Waals surface area contributed by atoms with Crippen molar-refractivity contribution in [3.63, 3.8) is 0 Å². The second-order valence-corrected chi connectivity index (χ2v) is 4.53. The van der Waals surface area contributed by atoms with Crippen molar-refractivity contribution in [1.82, 2.24) is 4.98 Å². The molecular formula is C11H18N2OS. The Morgan fingerprint density at radius 3 is 2.87 bits per heavy atom. The van der Waals surface area contributed by atoms with Gasteiger partial charge in [0.05, 0.1) is 5.03 Å². The number of ether oxygens (including phenoxy) is 1. The van der Waals surface area contributed by atoms with Crippen molar-refractivity contribution in [2.45, 2.75) is 24.4 Å². The van der Waals surface area contributed by atoms with E-state index in [0.717, 1.165) is 29.4 Å². The van der Waals surface area contributed by atoms with Gasteiger partial charge in [-0.05, 0) is 25.0 Å². The first-order valence-electron chi connectivity index (χ1n) is 5.07. The summed E-state index contributed by atoms with van der Waals surface area (Å²) in [6.45, 7) is 2.77. The molecule has 0 amide bonds. The normalized spacial score (nSPS) is 12.7. The molecule has 3 nitrogen and oxygen atoms in total. The van der Waals surface area contributed by atoms with Gasteiger partial charge in [0.1, 0.15) is 0 Å². The van der Waals surface area contributed by atoms with Gasteiger partial charge in [0.25, 0.3) is 0 Å². The van der Waals surface area contributed by atoms with E-state index in [4.69, 9.17) is 10.5 Å². The van der Waals surface area contributed by atoms with Crippen molar-refractivity contribution < 1.29 is 4.74 Å². The molecule has 4 heteroatoms. The van der Waals surface area contributed by atoms with E-state index < -0.39 is 0 Å². The summed E-state index contributed by atoms with van der Waals surface area (Å²) in [6, 6.07) is 4.12. The van der Waals surface area contributed by atoms with Gasteiger partial charge >= 0.3 is 0 Å². The lowest BCUT2D eigenvalue weighted by Gasteiger charge is -2.05. The smallest absolute Gasteiger partial charge is 0.0960 e. The lowest BCUT2D eigenvalue weighted by atomic mass is 10.2. The summed E-state index contributed by atoms with van der Waals surface area (Å²) in [5.74, 6) is 1.04. The maximum Gasteiger partial charge on any atom is 0.0960 e. The Morgan fingerprint density at radius 2 is 2.33 bits per heavy atom. The molecule has 0 bridgehead atoms. The Balaban J connectivity index is 2.36. The number of nitrogens with two attached hydrogens (primary N) is 1. The molecule has 0 saturated heterocycles. The fourth-order valence-electron chi connectivity index (χ4n) is 1.13. The fourth-order valence-corrected chi connectivity index (χ4v) is 1.89. The Morgan fingerprint density at radius 1 is 1.53 bits per heavy atom. The summed E-state index contributed by atoms with van der Waals surface area (Å²) in [4.78, 5) is 4.34. The molecule has 0 aromatic carbocycles. The van der Waals surface area contributed by atoms with Crippen LogP contribution in [0.5, 0.6) is 0 Å². The quantitative estimate of drug-likeness (QED) is 0.597. The van der Waals surface area contributed by atoms with E-state index in [0.29, 0.717) is 0 Å². The van der Waals surface area contributed by atoms with E-state index >= 15 is 0 Å². The highest BCUT2D eigenvalue weighted by Gasteiger charge is 2.00. The number of pyridine rings is 1. The molecule has 2 N–H and O–H groups in total. The zero-order valence-electron chi connectivity index (χ0n) is 9.27. The van der Waals surface area contributed by atoms with Gasteiger partial charge in [0.15, 0.2) is 0 Å². The van der Waals surface area contributed by atoms with Crippen LogP contribution in [0.4, 0.5) is 0 Å². The van der Waals surface area contributed by atoms with Crippen molar-refractivity contribution >= 4 is 11.8 Å². The van der Waals surface area contributed by atoms with E-state index in [-0.39, 0.29) is 6.04 Å². The van der Waals surface area contributed by atoms with Gasteiger partial charge in [-0.3, -0.25) is 0 Å². The van der Waals surface area contributed by atoms with Crippen LogP contribution in [0, 0.1) is 0 Å². The Hall–Kier alpha value is -0.580. The van der Waals surface area contributed by atoms with Gasteiger partial charge in [-0.25, -0.2) is 4.98 Å². The molecule has 0 aliphatic heterocycles. The topological polar surface area (TPSA) is 48.1 Å². The van der Waals surface area contributed by atoms with E-state index in [1.165, 1.54) is 0 Å². The molecule has 1 rings (SSSR count). The van der Waals surface area contributed by atoms with Crippen LogP contribution >= 0.6 is 11.8 Å². The minimum absolute atomic E-state index is 0.0602. The molecule has 0 aliphatic carbocycles. The van der Waals surface area contributed by atoms with E-state index in [1.807, 2.05) is 25.3 Å². The number of aromatic nitrogens is 1. The average Bonchev–Trinajstić information content (AvgIpc) is 2.25. The molecule has 0 spiro atoms. The Kier molecular flexibility index (Phi) is 5.68. The van der Waals surface area contributed by atoms with Gasteiger partial charge in [-0.15, -0.1) is 11.8 Å². The van der Waals surface area contributed by atoms with Gasteiger partial charge in [-0.1, -0.05) is 6.07 Å². The summed E-state index contributed by atoms with van der Waals surface area (Å²) in [5, 5.41) is 1.05. The molecule has 0 radical (unpaired) electrons. The van der Waals surface area contributed by atoms with Crippen LogP contribution < -0.4 is 5.73 Å². The number of rotatable bonds is 6. The van der Waals surface area contributed by atoms with Crippen molar-refractivity contribution in [2.24, 2.45) is 5.73 Å². The van der Waals surface area contributed by atoms with Crippen LogP contribution in [-0.4, -0.2) is 24.5 Å². The highest BCUT2D eigenvalue weighted by molar-refractivity contribution is 7.99. The van der Waals surface area contributed by atoms with Crippen LogP contribution in [0.3, 0.4) is 0 Å². The summed E-state index contributed by atoms with van der Waals surface area (Å²) >= 11 is 1.75. The molecular weight excluding hydrogens is 208 g/mol. The minimum atomic E-state index is 0.0602. The van der Waals surface area contributed by atoms with Crippen LogP contribution in [0.2, 0.25) is 0 Å². The van der Waals surface area contributed by atoms with Crippen molar-refractivity contribution in [1.29, 1.82) is 0 Å². The molecule has 1 heterocycles. The SMILES string of the molecule is COCCCSc1ccc([C@H](C)N)cn1. The number of methoxy groups -OCH3 is 1. The van der Waals surface area contributed by atoms with Crippen molar-refractivity contribution in [2.75, 3.05) is 19.5 Å². The molecule has 84 valence electrons. The van der Waals surface area contributed by atoms with E-state index in [1.54, 1.807) is 18.9 Å². The van der Waals surface area contributed by atoms with Gasteiger partial charge in [-0.2, -0.15) is 0 Å². The highest BCUT2D eigenvalue weighted by Crippen LogP contribution is 2.17. The third-order valence-electron chi connectivity index (χ3n) is 2.03. The largest absolute Gasteiger partial charge is 0.385 e. The van der Waals surface area contributed by atoms with Crippen LogP contribution in [-0.2, 0) is 4.74 Å². The first-order chi connectivity index (χ1) is 7.24. The number of hydrogen-bond donors (Lipinski definition) is 1. The predicted octanol–water partition coefficient (Wildman–Crippen LogP) is 2.23. The Bertz CT molecular complexity index is 274. The minimum Gasteiger partial charge on any atom is -0.385 e. The standard InChI is InChI=1S/C11H18N2OS/c1-9(12)10-4-5-11(13-8-10)15-7-3-6-14-2/h4-5,8-9H,3,6-7,12H2,1-2H3/t9-/m0/s1. The molecule has 1 aromatic rings. The summed E-state index contributed by atoms with van der Waals surface area (Å²) < 4.78 is 4.98. The fraction of sp³-hybridized carbons (Fsp3) is 0.545. The van der Waals surface area contributed by atoms with Gasteiger partial charge < -0.3 is 10.5 Å². The van der Waals surface area contributed by atoms with Crippen molar-refractivity contribution in [3.8, 4) is 0 Å². The van der Waals surface area contributed by atoms with Gasteiger partial charge in [0.2, 0.25) is 0 Å². The van der Waals surface area contributed by atoms with Crippen LogP contribution in [0.15, 0.2) is 23.4 Å². The highest BCUT2D eigenvalue weighted by atomic mass is 32.2. The average molecular weight is 226 g/mol. The van der Waals surface area contributed by atoms with E-state index in [9.17, 15) is 0 Å². The molecule has 15 heavy (non-hydrogen) atoms. The zero-order valence-corrected chi connectivity index (χ0v) is 10.1. The lowest BCUT2D eigenvalue weighted by molar-refractivity contribution is 0.200. The van der Waals surface area contributed by atoms with Crippen LogP contribution in [0.25, 0.3) is 0 Å². The second-order valence-electron chi connectivity index (χ2n) is 3.41. The third kappa shape index (κ3) is 4.64. The summed E-state index contributed by atoms with van der Waals surface area (Å²) in [6.07, 6.45) is 2.90. The predicted molar refractivity (Wildman–Crippen MR) is 64.1 cm³/mol. The lowest BCUT2D eigenvalue weighted by Crippen LogP contribution is -2.05. The molecule has 0 fully saturated rings. The third-order valence-corrected chi connectivity index (χ3v) is 3.06. The summed E-state index contributed by atoms with van der Waals surface area (Å²) in [5.41, 5.74) is 6.82. The van der Waals surface area contributed by atoms with E-state index in [2.05, 4.69) is 4.98 Å². The monoisotopic (exact) mass is 226 g/mol. The Labute approximate surface area is 95.4 Å². The van der Waals surface area contributed by atoms with Crippen molar-refractivity contribution in [3.05, 3.63) is 23.9 Å². The first-order valence-corrected chi connectivity index (χ1v) is 6.06. The maximum absolute atomic E-state index is 5.74. The molecule has 0 saturated carbocycles. The van der Waals surface area contributed by atoms with Gasteiger partial charge in [0, 0.05) is 31.7 Å². The molecule has 0 aliphatic rings. The number of hydrogen-bond acceptors (Lipinski definition) is 4. The molecule has 1 aromatic heterocycles. The number of nitrogens with zero attached hydrogens (tertiary/aromatic N) is 1. The summed E-state index contributed by atoms with van der Waals surface area (Å²) in [7, 11) is 1.72. The molecule has 1 atom stereocenters.